The summed E-state index contributed by atoms with van der Waals surface area (Å²) in [6.07, 6.45) is 2.06. The lowest BCUT2D eigenvalue weighted by atomic mass is 9.98. The van der Waals surface area contributed by atoms with Gasteiger partial charge in [-0.15, -0.1) is 0 Å². The molecule has 0 aliphatic carbocycles. The number of nitrogens with zero attached hydrogens (tertiary/aromatic N) is 5. The van der Waals surface area contributed by atoms with Gasteiger partial charge in [0.25, 0.3) is 0 Å². The second-order valence-corrected chi connectivity index (χ2v) is 11.2. The average Bonchev–Trinajstić information content (AvgIpc) is 3.51. The van der Waals surface area contributed by atoms with E-state index in [2.05, 4.69) is 95.5 Å². The lowest BCUT2D eigenvalue weighted by Crippen LogP contribution is -1.95. The minimum atomic E-state index is 0.703. The van der Waals surface area contributed by atoms with Crippen LogP contribution in [0.4, 0.5) is 0 Å². The van der Waals surface area contributed by atoms with Gasteiger partial charge in [0.2, 0.25) is 0 Å². The Labute approximate surface area is 259 Å². The first-order valence-corrected chi connectivity index (χ1v) is 15.0. The summed E-state index contributed by atoms with van der Waals surface area (Å²) in [7, 11) is 0. The van der Waals surface area contributed by atoms with Crippen LogP contribution >= 0.6 is 0 Å². The zero-order valence-electron chi connectivity index (χ0n) is 24.2. The van der Waals surface area contributed by atoms with E-state index in [0.29, 0.717) is 5.82 Å². The molecule has 5 aromatic carbocycles. The van der Waals surface area contributed by atoms with Crippen molar-refractivity contribution in [2.45, 2.75) is 0 Å². The normalized spacial score (nSPS) is 11.6. The first kappa shape index (κ1) is 25.3. The van der Waals surface area contributed by atoms with Gasteiger partial charge >= 0.3 is 0 Å². The third-order valence-corrected chi connectivity index (χ3v) is 8.39. The van der Waals surface area contributed by atoms with Gasteiger partial charge < -0.3 is 0 Å². The predicted octanol–water partition coefficient (Wildman–Crippen LogP) is 9.65. The van der Waals surface area contributed by atoms with Gasteiger partial charge in [-0.25, -0.2) is 19.9 Å². The van der Waals surface area contributed by atoms with Crippen LogP contribution in [0, 0.1) is 0 Å². The number of imidazole rings is 1. The van der Waals surface area contributed by atoms with Crippen molar-refractivity contribution >= 4 is 38.5 Å². The molecule has 0 aliphatic rings. The Morgan fingerprint density at radius 3 is 1.84 bits per heavy atom. The van der Waals surface area contributed by atoms with Gasteiger partial charge in [-0.3, -0.25) is 4.40 Å². The molecule has 0 amide bonds. The summed E-state index contributed by atoms with van der Waals surface area (Å²) in [4.78, 5) is 20.3. The third kappa shape index (κ3) is 4.25. The number of pyridine rings is 2. The van der Waals surface area contributed by atoms with Gasteiger partial charge in [0.05, 0.1) is 27.9 Å². The summed E-state index contributed by atoms with van der Waals surface area (Å²) in [5.74, 6) is 0.703. The molecular weight excluding hydrogens is 550 g/mol. The molecule has 0 saturated heterocycles. The van der Waals surface area contributed by atoms with Gasteiger partial charge in [0.1, 0.15) is 11.2 Å². The largest absolute Gasteiger partial charge is 0.298 e. The Morgan fingerprint density at radius 2 is 1.02 bits per heavy atom. The Balaban J connectivity index is 1.20. The Kier molecular flexibility index (Phi) is 5.74. The van der Waals surface area contributed by atoms with E-state index in [1.165, 1.54) is 0 Å². The number of hydrogen-bond acceptors (Lipinski definition) is 4. The molecule has 45 heavy (non-hydrogen) atoms. The van der Waals surface area contributed by atoms with E-state index in [0.717, 1.165) is 77.7 Å². The van der Waals surface area contributed by atoms with E-state index < -0.39 is 0 Å². The van der Waals surface area contributed by atoms with Crippen molar-refractivity contribution in [1.29, 1.82) is 0 Å². The number of benzene rings is 5. The van der Waals surface area contributed by atoms with Gasteiger partial charge in [0, 0.05) is 33.7 Å². The van der Waals surface area contributed by atoms with Gasteiger partial charge in [0.15, 0.2) is 5.82 Å². The molecule has 5 heteroatoms. The highest BCUT2D eigenvalue weighted by atomic mass is 15.0. The predicted molar refractivity (Wildman–Crippen MR) is 183 cm³/mol. The number of hydrogen-bond donors (Lipinski definition) is 0. The van der Waals surface area contributed by atoms with Crippen molar-refractivity contribution < 1.29 is 0 Å². The first-order chi connectivity index (χ1) is 22.3. The van der Waals surface area contributed by atoms with E-state index in [1.807, 2.05) is 60.7 Å². The van der Waals surface area contributed by atoms with E-state index in [4.69, 9.17) is 19.9 Å². The molecule has 9 rings (SSSR count). The quantitative estimate of drug-likeness (QED) is 0.210. The second-order valence-electron chi connectivity index (χ2n) is 11.2. The zero-order chi connectivity index (χ0) is 29.7. The van der Waals surface area contributed by atoms with Crippen LogP contribution in [0.5, 0.6) is 0 Å². The van der Waals surface area contributed by atoms with E-state index >= 15 is 0 Å². The zero-order valence-corrected chi connectivity index (χ0v) is 24.2. The van der Waals surface area contributed by atoms with Crippen molar-refractivity contribution in [3.05, 3.63) is 152 Å². The summed E-state index contributed by atoms with van der Waals surface area (Å²) in [5, 5.41) is 2.09. The van der Waals surface area contributed by atoms with Crippen molar-refractivity contribution in [3.8, 4) is 45.0 Å². The lowest BCUT2D eigenvalue weighted by Gasteiger charge is -2.11. The van der Waals surface area contributed by atoms with Gasteiger partial charge in [-0.1, -0.05) is 109 Å². The third-order valence-electron chi connectivity index (χ3n) is 8.39. The fourth-order valence-corrected chi connectivity index (χ4v) is 6.26. The first-order valence-electron chi connectivity index (χ1n) is 15.0. The van der Waals surface area contributed by atoms with Crippen LogP contribution in [0.15, 0.2) is 152 Å². The summed E-state index contributed by atoms with van der Waals surface area (Å²) in [6.45, 7) is 0. The smallest absolute Gasteiger partial charge is 0.160 e. The summed E-state index contributed by atoms with van der Waals surface area (Å²) < 4.78 is 2.14. The maximum atomic E-state index is 5.18. The average molecular weight is 576 g/mol. The summed E-state index contributed by atoms with van der Waals surface area (Å²) >= 11 is 0. The molecule has 0 atom stereocenters. The molecule has 4 aromatic heterocycles. The standard InChI is InChI=1S/C40H25N5/c1-2-12-26(13-3-1)36-31-18-4-7-21-34(31)42-40(44-36)30-17-11-15-28(25-30)27-14-10-16-29(24-27)37-39-38(32-19-5-6-20-33(32)41-37)43-35-22-8-9-23-45(35)39/h1-25H. The topological polar surface area (TPSA) is 56.0 Å². The summed E-state index contributed by atoms with van der Waals surface area (Å²) in [5.41, 5.74) is 11.8. The monoisotopic (exact) mass is 575 g/mol. The van der Waals surface area contributed by atoms with Crippen LogP contribution in [0.25, 0.3) is 83.5 Å². The van der Waals surface area contributed by atoms with Gasteiger partial charge in [-0.05, 0) is 47.5 Å². The van der Waals surface area contributed by atoms with Crippen molar-refractivity contribution in [3.63, 3.8) is 0 Å². The SMILES string of the molecule is c1ccc(-c2nc(-c3cccc(-c4cccc(-c5nc6ccccc6c6nc7ccccn7c56)c4)c3)nc3ccccc23)cc1. The van der Waals surface area contributed by atoms with Crippen LogP contribution in [0.3, 0.4) is 0 Å². The fourth-order valence-electron chi connectivity index (χ4n) is 6.26. The maximum Gasteiger partial charge on any atom is 0.160 e. The molecule has 0 radical (unpaired) electrons. The number of fused-ring (bicyclic) bond motifs is 6. The molecule has 5 nitrogen and oxygen atoms in total. The molecule has 0 saturated carbocycles. The molecule has 0 aliphatic heterocycles. The van der Waals surface area contributed by atoms with Crippen molar-refractivity contribution in [2.24, 2.45) is 0 Å². The minimum Gasteiger partial charge on any atom is -0.298 e. The molecule has 210 valence electrons. The number of para-hydroxylation sites is 2. The molecule has 4 heterocycles. The second kappa shape index (κ2) is 10.2. The highest BCUT2D eigenvalue weighted by molar-refractivity contribution is 6.09. The highest BCUT2D eigenvalue weighted by Gasteiger charge is 2.17. The van der Waals surface area contributed by atoms with E-state index in [-0.39, 0.29) is 0 Å². The van der Waals surface area contributed by atoms with E-state index in [9.17, 15) is 0 Å². The molecule has 0 spiro atoms. The Morgan fingerprint density at radius 1 is 0.400 bits per heavy atom. The highest BCUT2D eigenvalue weighted by Crippen LogP contribution is 2.36. The molecular formula is C40H25N5. The molecule has 0 bridgehead atoms. The minimum absolute atomic E-state index is 0.703. The number of aromatic nitrogens is 5. The molecule has 0 unspecified atom stereocenters. The molecule has 0 fully saturated rings. The van der Waals surface area contributed by atoms with Crippen LogP contribution < -0.4 is 0 Å². The van der Waals surface area contributed by atoms with Crippen LogP contribution in [-0.4, -0.2) is 24.3 Å². The maximum absolute atomic E-state index is 5.18. The molecule has 9 aromatic rings. The van der Waals surface area contributed by atoms with Crippen LogP contribution in [0.1, 0.15) is 0 Å². The summed E-state index contributed by atoms with van der Waals surface area (Å²) in [6, 6.07) is 49.9. The molecule has 0 N–H and O–H groups in total. The Hall–Kier alpha value is -6.20. The van der Waals surface area contributed by atoms with E-state index in [1.54, 1.807) is 0 Å². The van der Waals surface area contributed by atoms with Crippen LogP contribution in [-0.2, 0) is 0 Å². The van der Waals surface area contributed by atoms with Crippen molar-refractivity contribution in [1.82, 2.24) is 24.3 Å². The fraction of sp³-hybridized carbons (Fsp3) is 0. The van der Waals surface area contributed by atoms with Gasteiger partial charge in [-0.2, -0.15) is 0 Å². The van der Waals surface area contributed by atoms with Crippen LogP contribution in [0.2, 0.25) is 0 Å². The lowest BCUT2D eigenvalue weighted by molar-refractivity contribution is 1.22. The Bertz CT molecular complexity index is 2550. The number of rotatable bonds is 4. The van der Waals surface area contributed by atoms with Crippen molar-refractivity contribution in [2.75, 3.05) is 0 Å².